The predicted molar refractivity (Wildman–Crippen MR) is 75.7 cm³/mol. The van der Waals surface area contributed by atoms with E-state index in [4.69, 9.17) is 9.84 Å². The first-order valence-corrected chi connectivity index (χ1v) is 6.68. The summed E-state index contributed by atoms with van der Waals surface area (Å²) in [6.07, 6.45) is 0.930. The highest BCUT2D eigenvalue weighted by Gasteiger charge is 2.11. The van der Waals surface area contributed by atoms with Crippen molar-refractivity contribution in [3.8, 4) is 5.75 Å². The summed E-state index contributed by atoms with van der Waals surface area (Å²) in [5, 5.41) is 11.3. The third-order valence-electron chi connectivity index (χ3n) is 2.93. The maximum Gasteiger partial charge on any atom is 0.308 e. The van der Waals surface area contributed by atoms with Crippen LogP contribution in [0.25, 0.3) is 0 Å². The van der Waals surface area contributed by atoms with Gasteiger partial charge in [-0.2, -0.15) is 0 Å². The van der Waals surface area contributed by atoms with Crippen molar-refractivity contribution in [3.05, 3.63) is 29.8 Å². The maximum atomic E-state index is 11.5. The van der Waals surface area contributed by atoms with Crippen molar-refractivity contribution in [1.29, 1.82) is 0 Å². The quantitative estimate of drug-likeness (QED) is 0.714. The number of carbonyl (C=O) groups excluding carboxylic acids is 1. The SMILES string of the molecule is Cc1ccccc1OCCCC(=O)NCC(C)C(=O)O. The molecule has 0 aliphatic carbocycles. The Morgan fingerprint density at radius 1 is 1.35 bits per heavy atom. The van der Waals surface area contributed by atoms with Gasteiger partial charge in [0.05, 0.1) is 12.5 Å². The number of carbonyl (C=O) groups is 2. The third kappa shape index (κ3) is 5.73. The minimum absolute atomic E-state index is 0.147. The van der Waals surface area contributed by atoms with E-state index in [-0.39, 0.29) is 12.5 Å². The molecule has 1 unspecified atom stereocenters. The van der Waals surface area contributed by atoms with E-state index in [2.05, 4.69) is 5.32 Å². The highest BCUT2D eigenvalue weighted by molar-refractivity contribution is 5.77. The van der Waals surface area contributed by atoms with Crippen LogP contribution in [0, 0.1) is 12.8 Å². The lowest BCUT2D eigenvalue weighted by Crippen LogP contribution is -2.31. The first-order chi connectivity index (χ1) is 9.50. The third-order valence-corrected chi connectivity index (χ3v) is 2.93. The van der Waals surface area contributed by atoms with E-state index in [0.29, 0.717) is 19.4 Å². The van der Waals surface area contributed by atoms with Gasteiger partial charge in [-0.15, -0.1) is 0 Å². The Hall–Kier alpha value is -2.04. The number of ether oxygens (including phenoxy) is 1. The fourth-order valence-electron chi connectivity index (χ4n) is 1.58. The predicted octanol–water partition coefficient (Wildman–Crippen LogP) is 1.99. The van der Waals surface area contributed by atoms with Gasteiger partial charge in [-0.1, -0.05) is 25.1 Å². The van der Waals surface area contributed by atoms with Crippen LogP contribution >= 0.6 is 0 Å². The van der Waals surface area contributed by atoms with Crippen molar-refractivity contribution in [2.24, 2.45) is 5.92 Å². The lowest BCUT2D eigenvalue weighted by Gasteiger charge is -2.10. The molecule has 0 heterocycles. The second kappa shape index (κ2) is 8.19. The van der Waals surface area contributed by atoms with Crippen LogP contribution in [-0.2, 0) is 9.59 Å². The number of para-hydroxylation sites is 1. The van der Waals surface area contributed by atoms with E-state index in [1.54, 1.807) is 6.92 Å². The Morgan fingerprint density at radius 2 is 2.05 bits per heavy atom. The number of aliphatic carboxylic acids is 1. The molecule has 0 saturated heterocycles. The molecule has 0 spiro atoms. The highest BCUT2D eigenvalue weighted by atomic mass is 16.5. The number of aryl methyl sites for hydroxylation is 1. The average molecular weight is 279 g/mol. The topological polar surface area (TPSA) is 75.6 Å². The molecule has 0 radical (unpaired) electrons. The van der Waals surface area contributed by atoms with Gasteiger partial charge < -0.3 is 15.2 Å². The summed E-state index contributed by atoms with van der Waals surface area (Å²) in [5.41, 5.74) is 1.06. The molecule has 0 aromatic heterocycles. The van der Waals surface area contributed by atoms with Crippen LogP contribution < -0.4 is 10.1 Å². The van der Waals surface area contributed by atoms with Crippen LogP contribution in [0.2, 0.25) is 0 Å². The molecule has 1 amide bonds. The van der Waals surface area contributed by atoms with E-state index >= 15 is 0 Å². The first-order valence-electron chi connectivity index (χ1n) is 6.68. The molecule has 1 aromatic rings. The Morgan fingerprint density at radius 3 is 2.70 bits per heavy atom. The summed E-state index contributed by atoms with van der Waals surface area (Å²) in [6.45, 7) is 4.15. The molecule has 1 atom stereocenters. The molecule has 2 N–H and O–H groups in total. The van der Waals surface area contributed by atoms with E-state index in [0.717, 1.165) is 11.3 Å². The number of rotatable bonds is 8. The lowest BCUT2D eigenvalue weighted by atomic mass is 10.2. The summed E-state index contributed by atoms with van der Waals surface area (Å²) >= 11 is 0. The zero-order chi connectivity index (χ0) is 15.0. The maximum absolute atomic E-state index is 11.5. The molecule has 0 fully saturated rings. The summed E-state index contributed by atoms with van der Waals surface area (Å²) in [7, 11) is 0. The number of amides is 1. The van der Waals surface area contributed by atoms with Crippen LogP contribution in [0.15, 0.2) is 24.3 Å². The molecule has 1 aromatic carbocycles. The fraction of sp³-hybridized carbons (Fsp3) is 0.467. The van der Waals surface area contributed by atoms with Crippen LogP contribution in [0.3, 0.4) is 0 Å². The van der Waals surface area contributed by atoms with Gasteiger partial charge in [-0.3, -0.25) is 9.59 Å². The second-order valence-corrected chi connectivity index (χ2v) is 4.76. The Kier molecular flexibility index (Phi) is 6.56. The van der Waals surface area contributed by atoms with Gasteiger partial charge in [0.15, 0.2) is 0 Å². The van der Waals surface area contributed by atoms with Gasteiger partial charge in [0.2, 0.25) is 5.91 Å². The fourth-order valence-corrected chi connectivity index (χ4v) is 1.58. The highest BCUT2D eigenvalue weighted by Crippen LogP contribution is 2.16. The number of carboxylic acid groups (broad SMARTS) is 1. The van der Waals surface area contributed by atoms with Crippen LogP contribution in [0.4, 0.5) is 0 Å². The number of hydrogen-bond donors (Lipinski definition) is 2. The van der Waals surface area contributed by atoms with Gasteiger partial charge in [0.1, 0.15) is 5.75 Å². The molecule has 0 bridgehead atoms. The molecular formula is C15H21NO4. The molecule has 1 rings (SSSR count). The van der Waals surface area contributed by atoms with E-state index in [9.17, 15) is 9.59 Å². The monoisotopic (exact) mass is 279 g/mol. The second-order valence-electron chi connectivity index (χ2n) is 4.76. The van der Waals surface area contributed by atoms with Gasteiger partial charge in [0.25, 0.3) is 0 Å². The van der Waals surface area contributed by atoms with E-state index in [1.165, 1.54) is 0 Å². The number of nitrogens with one attached hydrogen (secondary N) is 1. The Labute approximate surface area is 118 Å². The summed E-state index contributed by atoms with van der Waals surface area (Å²) in [6, 6.07) is 7.71. The summed E-state index contributed by atoms with van der Waals surface area (Å²) < 4.78 is 5.58. The minimum atomic E-state index is -0.909. The normalized spacial score (nSPS) is 11.7. The van der Waals surface area contributed by atoms with Crippen molar-refractivity contribution in [3.63, 3.8) is 0 Å². The van der Waals surface area contributed by atoms with Crippen molar-refractivity contribution >= 4 is 11.9 Å². The number of hydrogen-bond acceptors (Lipinski definition) is 3. The molecule has 5 nitrogen and oxygen atoms in total. The van der Waals surface area contributed by atoms with E-state index < -0.39 is 11.9 Å². The standard InChI is InChI=1S/C15H21NO4/c1-11-6-3-4-7-13(11)20-9-5-8-14(17)16-10-12(2)15(18)19/h3-4,6-7,12H,5,8-10H2,1-2H3,(H,16,17)(H,18,19). The Balaban J connectivity index is 2.16. The molecule has 110 valence electrons. The zero-order valence-electron chi connectivity index (χ0n) is 11.9. The van der Waals surface area contributed by atoms with Gasteiger partial charge >= 0.3 is 5.97 Å². The zero-order valence-corrected chi connectivity index (χ0v) is 11.9. The largest absolute Gasteiger partial charge is 0.493 e. The average Bonchev–Trinajstić information content (AvgIpc) is 2.42. The molecule has 5 heteroatoms. The van der Waals surface area contributed by atoms with Crippen molar-refractivity contribution in [1.82, 2.24) is 5.32 Å². The molecular weight excluding hydrogens is 258 g/mol. The van der Waals surface area contributed by atoms with Gasteiger partial charge in [-0.25, -0.2) is 0 Å². The van der Waals surface area contributed by atoms with Gasteiger partial charge in [-0.05, 0) is 25.0 Å². The van der Waals surface area contributed by atoms with Crippen molar-refractivity contribution < 1.29 is 19.4 Å². The number of carboxylic acids is 1. The summed E-state index contributed by atoms with van der Waals surface area (Å²) in [4.78, 5) is 22.1. The molecule has 0 aliphatic heterocycles. The van der Waals surface area contributed by atoms with Crippen LogP contribution in [0.5, 0.6) is 5.75 Å². The summed E-state index contributed by atoms with van der Waals surface area (Å²) in [5.74, 6) is -0.797. The number of benzene rings is 1. The smallest absolute Gasteiger partial charge is 0.308 e. The molecule has 20 heavy (non-hydrogen) atoms. The lowest BCUT2D eigenvalue weighted by molar-refractivity contribution is -0.141. The minimum Gasteiger partial charge on any atom is -0.493 e. The van der Waals surface area contributed by atoms with Crippen molar-refractivity contribution in [2.45, 2.75) is 26.7 Å². The van der Waals surface area contributed by atoms with E-state index in [1.807, 2.05) is 31.2 Å². The first kappa shape index (κ1) is 16.0. The van der Waals surface area contributed by atoms with Crippen LogP contribution in [0.1, 0.15) is 25.3 Å². The van der Waals surface area contributed by atoms with Crippen molar-refractivity contribution in [2.75, 3.05) is 13.2 Å². The van der Waals surface area contributed by atoms with Crippen LogP contribution in [-0.4, -0.2) is 30.1 Å². The molecule has 0 saturated carbocycles. The van der Waals surface area contributed by atoms with Gasteiger partial charge in [0, 0.05) is 13.0 Å². The molecule has 0 aliphatic rings. The Bertz CT molecular complexity index is 459.